The standard InChI is InChI=1S/C13H16Cl2O2/c1-3-5-8(2)11(13(16)17)12-9(14)6-4-7-10(12)15/h4,6-8,11H,3,5H2,1-2H3,(H,16,17). The van der Waals surface area contributed by atoms with E-state index in [0.717, 1.165) is 12.8 Å². The summed E-state index contributed by atoms with van der Waals surface area (Å²) in [7, 11) is 0. The van der Waals surface area contributed by atoms with Gasteiger partial charge < -0.3 is 5.11 Å². The summed E-state index contributed by atoms with van der Waals surface area (Å²) in [5.41, 5.74) is 0.532. The Morgan fingerprint density at radius 2 is 1.88 bits per heavy atom. The number of benzene rings is 1. The molecule has 0 fully saturated rings. The summed E-state index contributed by atoms with van der Waals surface area (Å²) in [5, 5.41) is 10.2. The van der Waals surface area contributed by atoms with E-state index in [1.165, 1.54) is 0 Å². The molecule has 0 spiro atoms. The molecule has 0 saturated carbocycles. The van der Waals surface area contributed by atoms with Gasteiger partial charge in [-0.2, -0.15) is 0 Å². The van der Waals surface area contributed by atoms with E-state index < -0.39 is 11.9 Å². The topological polar surface area (TPSA) is 37.3 Å². The fraction of sp³-hybridized carbons (Fsp3) is 0.462. The Balaban J connectivity index is 3.18. The predicted molar refractivity (Wildman–Crippen MR) is 70.9 cm³/mol. The smallest absolute Gasteiger partial charge is 0.311 e. The molecule has 0 aliphatic rings. The summed E-state index contributed by atoms with van der Waals surface area (Å²) in [4.78, 5) is 11.4. The summed E-state index contributed by atoms with van der Waals surface area (Å²) < 4.78 is 0. The first-order chi connectivity index (χ1) is 7.99. The lowest BCUT2D eigenvalue weighted by molar-refractivity contribution is -0.140. The number of hydrogen-bond donors (Lipinski definition) is 1. The highest BCUT2D eigenvalue weighted by Gasteiger charge is 2.29. The number of hydrogen-bond acceptors (Lipinski definition) is 1. The summed E-state index contributed by atoms with van der Waals surface area (Å²) in [6.07, 6.45) is 1.77. The maximum Gasteiger partial charge on any atom is 0.311 e. The Morgan fingerprint density at radius 3 is 2.29 bits per heavy atom. The Labute approximate surface area is 112 Å². The van der Waals surface area contributed by atoms with Crippen molar-refractivity contribution in [1.29, 1.82) is 0 Å². The highest BCUT2D eigenvalue weighted by molar-refractivity contribution is 6.36. The third kappa shape index (κ3) is 3.36. The average molecular weight is 275 g/mol. The maximum absolute atomic E-state index is 11.4. The highest BCUT2D eigenvalue weighted by atomic mass is 35.5. The van der Waals surface area contributed by atoms with E-state index in [1.54, 1.807) is 18.2 Å². The van der Waals surface area contributed by atoms with Crippen molar-refractivity contribution < 1.29 is 9.90 Å². The predicted octanol–water partition coefficient (Wildman–Crippen LogP) is 4.60. The molecule has 1 aromatic carbocycles. The van der Waals surface area contributed by atoms with Gasteiger partial charge >= 0.3 is 5.97 Å². The Morgan fingerprint density at radius 1 is 1.35 bits per heavy atom. The van der Waals surface area contributed by atoms with Gasteiger partial charge in [0.05, 0.1) is 5.92 Å². The molecule has 0 radical (unpaired) electrons. The fourth-order valence-electron chi connectivity index (χ4n) is 2.08. The molecule has 1 N–H and O–H groups in total. The van der Waals surface area contributed by atoms with Gasteiger partial charge in [-0.1, -0.05) is 49.5 Å². The van der Waals surface area contributed by atoms with Crippen molar-refractivity contribution in [3.63, 3.8) is 0 Å². The SMILES string of the molecule is CCCC(C)C(C(=O)O)c1c(Cl)cccc1Cl. The number of carbonyl (C=O) groups is 1. The minimum absolute atomic E-state index is 0.00917. The third-order valence-electron chi connectivity index (χ3n) is 2.89. The van der Waals surface area contributed by atoms with Crippen molar-refractivity contribution in [2.45, 2.75) is 32.6 Å². The van der Waals surface area contributed by atoms with Gasteiger partial charge in [0.1, 0.15) is 0 Å². The average Bonchev–Trinajstić information content (AvgIpc) is 2.23. The van der Waals surface area contributed by atoms with E-state index in [4.69, 9.17) is 23.2 Å². The maximum atomic E-state index is 11.4. The van der Waals surface area contributed by atoms with Crippen molar-refractivity contribution >= 4 is 29.2 Å². The molecule has 94 valence electrons. The first-order valence-electron chi connectivity index (χ1n) is 5.65. The van der Waals surface area contributed by atoms with Crippen molar-refractivity contribution in [3.8, 4) is 0 Å². The fourth-order valence-corrected chi connectivity index (χ4v) is 2.71. The zero-order chi connectivity index (χ0) is 13.0. The van der Waals surface area contributed by atoms with E-state index in [2.05, 4.69) is 0 Å². The number of aliphatic carboxylic acids is 1. The monoisotopic (exact) mass is 274 g/mol. The van der Waals surface area contributed by atoms with Crippen LogP contribution in [0.3, 0.4) is 0 Å². The van der Waals surface area contributed by atoms with Gasteiger partial charge in [0, 0.05) is 15.6 Å². The van der Waals surface area contributed by atoms with Gasteiger partial charge in [0.2, 0.25) is 0 Å². The minimum atomic E-state index is -0.874. The highest BCUT2D eigenvalue weighted by Crippen LogP contribution is 2.37. The summed E-state index contributed by atoms with van der Waals surface area (Å²) >= 11 is 12.1. The molecular formula is C13H16Cl2O2. The molecule has 1 aromatic rings. The van der Waals surface area contributed by atoms with Gasteiger partial charge in [0.15, 0.2) is 0 Å². The Kier molecular flexibility index (Phi) is 5.29. The van der Waals surface area contributed by atoms with Crippen LogP contribution in [-0.2, 0) is 4.79 Å². The molecule has 4 heteroatoms. The molecule has 2 atom stereocenters. The molecule has 0 aromatic heterocycles. The van der Waals surface area contributed by atoms with Gasteiger partial charge in [-0.3, -0.25) is 4.79 Å². The van der Waals surface area contributed by atoms with Crippen molar-refractivity contribution in [2.24, 2.45) is 5.92 Å². The van der Waals surface area contributed by atoms with Crippen LogP contribution in [0.15, 0.2) is 18.2 Å². The Hall–Kier alpha value is -0.730. The van der Waals surface area contributed by atoms with Gasteiger partial charge in [-0.05, 0) is 24.5 Å². The van der Waals surface area contributed by atoms with E-state index in [1.807, 2.05) is 13.8 Å². The second-order valence-electron chi connectivity index (χ2n) is 4.22. The van der Waals surface area contributed by atoms with Crippen LogP contribution in [0.5, 0.6) is 0 Å². The van der Waals surface area contributed by atoms with E-state index in [9.17, 15) is 9.90 Å². The van der Waals surface area contributed by atoms with Crippen LogP contribution >= 0.6 is 23.2 Å². The van der Waals surface area contributed by atoms with Crippen molar-refractivity contribution in [1.82, 2.24) is 0 Å². The minimum Gasteiger partial charge on any atom is -0.481 e. The first kappa shape index (κ1) is 14.3. The lowest BCUT2D eigenvalue weighted by Gasteiger charge is -2.22. The second kappa shape index (κ2) is 6.27. The third-order valence-corrected chi connectivity index (χ3v) is 3.55. The molecule has 0 aliphatic heterocycles. The Bertz CT molecular complexity index is 384. The van der Waals surface area contributed by atoms with Crippen molar-refractivity contribution in [3.05, 3.63) is 33.8 Å². The van der Waals surface area contributed by atoms with Crippen LogP contribution in [0.1, 0.15) is 38.2 Å². The van der Waals surface area contributed by atoms with Gasteiger partial charge in [-0.15, -0.1) is 0 Å². The van der Waals surface area contributed by atoms with Crippen molar-refractivity contribution in [2.75, 3.05) is 0 Å². The first-order valence-corrected chi connectivity index (χ1v) is 6.41. The van der Waals surface area contributed by atoms with Gasteiger partial charge in [-0.25, -0.2) is 0 Å². The lowest BCUT2D eigenvalue weighted by Crippen LogP contribution is -2.20. The normalized spacial score (nSPS) is 14.4. The summed E-state index contributed by atoms with van der Waals surface area (Å²) in [5.74, 6) is -1.51. The van der Waals surface area contributed by atoms with E-state index >= 15 is 0 Å². The number of rotatable bonds is 5. The molecule has 2 unspecified atom stereocenters. The molecule has 0 saturated heterocycles. The van der Waals surface area contributed by atoms with Gasteiger partial charge in [0.25, 0.3) is 0 Å². The van der Waals surface area contributed by atoms with Crippen LogP contribution in [0.4, 0.5) is 0 Å². The second-order valence-corrected chi connectivity index (χ2v) is 5.03. The van der Waals surface area contributed by atoms with Crippen LogP contribution in [0, 0.1) is 5.92 Å². The number of carboxylic acids is 1. The molecule has 17 heavy (non-hydrogen) atoms. The van der Waals surface area contributed by atoms with Crippen LogP contribution in [0.25, 0.3) is 0 Å². The molecule has 0 aliphatic carbocycles. The molecule has 0 bridgehead atoms. The van der Waals surface area contributed by atoms with Crippen LogP contribution in [0.2, 0.25) is 10.0 Å². The number of halogens is 2. The zero-order valence-electron chi connectivity index (χ0n) is 9.91. The quantitative estimate of drug-likeness (QED) is 0.852. The van der Waals surface area contributed by atoms with E-state index in [0.29, 0.717) is 15.6 Å². The zero-order valence-corrected chi connectivity index (χ0v) is 11.4. The molecule has 2 nitrogen and oxygen atoms in total. The largest absolute Gasteiger partial charge is 0.481 e. The van der Waals surface area contributed by atoms with Crippen LogP contribution < -0.4 is 0 Å². The molecular weight excluding hydrogens is 259 g/mol. The summed E-state index contributed by atoms with van der Waals surface area (Å²) in [6.45, 7) is 3.95. The lowest BCUT2D eigenvalue weighted by atomic mass is 9.84. The summed E-state index contributed by atoms with van der Waals surface area (Å²) in [6, 6.07) is 5.08. The molecule has 0 amide bonds. The molecule has 0 heterocycles. The van der Waals surface area contributed by atoms with Crippen LogP contribution in [-0.4, -0.2) is 11.1 Å². The number of carboxylic acid groups (broad SMARTS) is 1. The molecule has 1 rings (SSSR count). The van der Waals surface area contributed by atoms with E-state index in [-0.39, 0.29) is 5.92 Å².